The van der Waals surface area contributed by atoms with Gasteiger partial charge in [-0.15, -0.1) is 0 Å². The van der Waals surface area contributed by atoms with Crippen LogP contribution in [0, 0.1) is 0 Å². The van der Waals surface area contributed by atoms with E-state index in [1.807, 2.05) is 6.07 Å². The van der Waals surface area contributed by atoms with Crippen molar-refractivity contribution in [2.45, 2.75) is 12.8 Å². The third-order valence-electron chi connectivity index (χ3n) is 5.56. The van der Waals surface area contributed by atoms with Crippen LogP contribution in [0.15, 0.2) is 91.0 Å². The number of nitrogens with one attached hydrogen (secondary N) is 3. The summed E-state index contributed by atoms with van der Waals surface area (Å²) in [6.45, 7) is 1.07. The smallest absolute Gasteiger partial charge is 0.405 e. The minimum atomic E-state index is 0.0873. The van der Waals surface area contributed by atoms with Crippen molar-refractivity contribution in [3.05, 3.63) is 96.6 Å². The van der Waals surface area contributed by atoms with Gasteiger partial charge in [-0.25, -0.2) is 0 Å². The average molecular weight is 377 g/mol. The van der Waals surface area contributed by atoms with Gasteiger partial charge in [-0.1, -0.05) is 66.7 Å². The molecular weight excluding hydrogens is 353 g/mol. The molecule has 0 fully saturated rings. The zero-order chi connectivity index (χ0) is 19.5. The van der Waals surface area contributed by atoms with Crippen LogP contribution in [0.25, 0.3) is 10.8 Å². The van der Waals surface area contributed by atoms with Gasteiger partial charge < -0.3 is 15.8 Å². The van der Waals surface area contributed by atoms with E-state index < -0.39 is 0 Å². The number of benzene rings is 4. The zero-order valence-corrected chi connectivity index (χ0v) is 16.4. The first-order valence-electron chi connectivity index (χ1n) is 10.3. The van der Waals surface area contributed by atoms with Crippen LogP contribution in [0.1, 0.15) is 12.0 Å². The summed E-state index contributed by atoms with van der Waals surface area (Å²) in [5.74, 6) is 0. The molecule has 1 aliphatic heterocycles. The maximum atomic E-state index is 3.65. The first-order chi connectivity index (χ1) is 14.4. The Morgan fingerprint density at radius 3 is 2.07 bits per heavy atom. The van der Waals surface area contributed by atoms with Crippen molar-refractivity contribution < 1.29 is 0 Å². The lowest BCUT2D eigenvalue weighted by molar-refractivity contribution is 0.863. The predicted octanol–water partition coefficient (Wildman–Crippen LogP) is 5.12. The molecule has 3 nitrogen and oxygen atoms in total. The first-order valence-corrected chi connectivity index (χ1v) is 10.3. The Hall–Kier alpha value is -3.40. The molecule has 1 heterocycles. The minimum absolute atomic E-state index is 0.0873. The SMILES string of the molecule is c1ccc(NCCCc2ccc(B3Nc4cccc5cccc(c45)N3)cc2)cc1. The predicted molar refractivity (Wildman–Crippen MR) is 126 cm³/mol. The highest BCUT2D eigenvalue weighted by Gasteiger charge is 2.25. The molecule has 1 aliphatic rings. The van der Waals surface area contributed by atoms with Gasteiger partial charge >= 0.3 is 6.98 Å². The molecule has 4 aromatic carbocycles. The van der Waals surface area contributed by atoms with Crippen LogP contribution in [-0.2, 0) is 6.42 Å². The van der Waals surface area contributed by atoms with Crippen molar-refractivity contribution >= 4 is 40.3 Å². The van der Waals surface area contributed by atoms with Crippen molar-refractivity contribution in [1.82, 2.24) is 0 Å². The molecule has 4 heteroatoms. The topological polar surface area (TPSA) is 36.1 Å². The van der Waals surface area contributed by atoms with Crippen LogP contribution >= 0.6 is 0 Å². The van der Waals surface area contributed by atoms with Crippen molar-refractivity contribution in [3.8, 4) is 0 Å². The molecule has 0 spiro atoms. The molecule has 0 atom stereocenters. The molecule has 0 amide bonds. The van der Waals surface area contributed by atoms with Crippen LogP contribution in [0.2, 0.25) is 0 Å². The molecule has 0 saturated carbocycles. The van der Waals surface area contributed by atoms with E-state index in [2.05, 4.69) is 101 Å². The van der Waals surface area contributed by atoms with Crippen LogP contribution in [0.4, 0.5) is 17.1 Å². The highest BCUT2D eigenvalue weighted by Crippen LogP contribution is 2.33. The summed E-state index contributed by atoms with van der Waals surface area (Å²) in [7, 11) is 0. The Kier molecular flexibility index (Phi) is 4.83. The van der Waals surface area contributed by atoms with Crippen LogP contribution in [0.5, 0.6) is 0 Å². The van der Waals surface area contributed by atoms with Crippen LogP contribution in [-0.4, -0.2) is 13.5 Å². The van der Waals surface area contributed by atoms with Gasteiger partial charge in [-0.05, 0) is 53.5 Å². The van der Waals surface area contributed by atoms with E-state index in [9.17, 15) is 0 Å². The maximum Gasteiger partial charge on any atom is 0.406 e. The lowest BCUT2D eigenvalue weighted by atomic mass is 9.66. The summed E-state index contributed by atoms with van der Waals surface area (Å²) < 4.78 is 0. The highest BCUT2D eigenvalue weighted by molar-refractivity contribution is 6.80. The van der Waals surface area contributed by atoms with Crippen molar-refractivity contribution in [2.24, 2.45) is 0 Å². The van der Waals surface area contributed by atoms with Crippen LogP contribution in [0.3, 0.4) is 0 Å². The number of hydrogen-bond donors (Lipinski definition) is 3. The molecule has 0 aromatic heterocycles. The number of anilines is 3. The second-order valence-corrected chi connectivity index (χ2v) is 7.57. The Balaban J connectivity index is 1.22. The first kappa shape index (κ1) is 17.7. The maximum absolute atomic E-state index is 3.65. The largest absolute Gasteiger partial charge is 0.406 e. The lowest BCUT2D eigenvalue weighted by Crippen LogP contribution is -2.47. The van der Waals surface area contributed by atoms with Crippen molar-refractivity contribution in [3.63, 3.8) is 0 Å². The molecule has 4 aromatic rings. The van der Waals surface area contributed by atoms with Gasteiger partial charge in [0.1, 0.15) is 0 Å². The molecule has 3 N–H and O–H groups in total. The van der Waals surface area contributed by atoms with E-state index >= 15 is 0 Å². The fourth-order valence-corrected chi connectivity index (χ4v) is 4.05. The lowest BCUT2D eigenvalue weighted by Gasteiger charge is -2.27. The molecule has 0 bridgehead atoms. The molecule has 142 valence electrons. The summed E-state index contributed by atoms with van der Waals surface area (Å²) in [6, 6.07) is 32.2. The standard InChI is InChI=1S/C25H24BN3/c1-2-10-22(11-3-1)27-18-6-7-19-14-16-21(17-15-19)26-28-23-12-4-8-20-9-5-13-24(29-26)25(20)23/h1-5,8-17,27-29H,6-7,18H2. The Morgan fingerprint density at radius 2 is 1.38 bits per heavy atom. The molecule has 5 rings (SSSR count). The molecular formula is C25H24BN3. The summed E-state index contributed by atoms with van der Waals surface area (Å²) in [4.78, 5) is 0. The van der Waals surface area contributed by atoms with Gasteiger partial charge in [0.2, 0.25) is 0 Å². The van der Waals surface area contributed by atoms with Crippen molar-refractivity contribution in [1.29, 1.82) is 0 Å². The van der Waals surface area contributed by atoms with Gasteiger partial charge in [0.25, 0.3) is 0 Å². The van der Waals surface area contributed by atoms with E-state index in [4.69, 9.17) is 0 Å². The number of rotatable bonds is 6. The van der Waals surface area contributed by atoms with Gasteiger partial charge in [0.15, 0.2) is 0 Å². The summed E-state index contributed by atoms with van der Waals surface area (Å²) in [6.07, 6.45) is 2.19. The van der Waals surface area contributed by atoms with Gasteiger partial charge in [-0.3, -0.25) is 0 Å². The van der Waals surface area contributed by atoms with Gasteiger partial charge in [0, 0.05) is 29.0 Å². The summed E-state index contributed by atoms with van der Waals surface area (Å²) in [5, 5.41) is 13.3. The number of aryl methyl sites for hydroxylation is 1. The fourth-order valence-electron chi connectivity index (χ4n) is 4.05. The third-order valence-corrected chi connectivity index (χ3v) is 5.56. The van der Waals surface area contributed by atoms with E-state index in [1.54, 1.807) is 0 Å². The van der Waals surface area contributed by atoms with Crippen molar-refractivity contribution in [2.75, 3.05) is 22.3 Å². The number of para-hydroxylation sites is 1. The Bertz CT molecular complexity index is 1070. The molecule has 0 unspecified atom stereocenters. The quantitative estimate of drug-likeness (QED) is 0.323. The second-order valence-electron chi connectivity index (χ2n) is 7.57. The molecule has 0 saturated heterocycles. The van der Waals surface area contributed by atoms with Crippen LogP contribution < -0.4 is 21.2 Å². The van der Waals surface area contributed by atoms with Gasteiger partial charge in [-0.2, -0.15) is 0 Å². The normalized spacial score (nSPS) is 12.3. The number of hydrogen-bond acceptors (Lipinski definition) is 3. The van der Waals surface area contributed by atoms with E-state index in [0.29, 0.717) is 0 Å². The second kappa shape index (κ2) is 7.92. The average Bonchev–Trinajstić information content (AvgIpc) is 2.78. The van der Waals surface area contributed by atoms with E-state index in [1.165, 1.54) is 38.9 Å². The van der Waals surface area contributed by atoms with Gasteiger partial charge in [0.05, 0.1) is 0 Å². The van der Waals surface area contributed by atoms with E-state index in [0.717, 1.165) is 19.4 Å². The minimum Gasteiger partial charge on any atom is -0.405 e. The zero-order valence-electron chi connectivity index (χ0n) is 16.4. The molecule has 0 aliphatic carbocycles. The highest BCUT2D eigenvalue weighted by atomic mass is 15.0. The Labute approximate surface area is 172 Å². The monoisotopic (exact) mass is 377 g/mol. The molecule has 29 heavy (non-hydrogen) atoms. The summed E-state index contributed by atoms with van der Waals surface area (Å²) >= 11 is 0. The summed E-state index contributed by atoms with van der Waals surface area (Å²) in [5.41, 5.74) is 6.20. The molecule has 0 radical (unpaired) electrons. The fraction of sp³-hybridized carbons (Fsp3) is 0.120. The Morgan fingerprint density at radius 1 is 0.690 bits per heavy atom. The van der Waals surface area contributed by atoms with E-state index in [-0.39, 0.29) is 6.98 Å². The third kappa shape index (κ3) is 3.79.